The Labute approximate surface area is 133 Å². The van der Waals surface area contributed by atoms with Gasteiger partial charge in [0.15, 0.2) is 0 Å². The standard InChI is InChI=1S/C14H17N3O3S2/c1-2-12-5-6-14(21-12)22(18,19)17-9-7-11(10-17)20-13-4-3-8-15-16-13/h3-6,8,11H,2,7,9-10H2,1H3/t11-/m1/s1. The summed E-state index contributed by atoms with van der Waals surface area (Å²) in [7, 11) is -3.42. The van der Waals surface area contributed by atoms with Crippen molar-refractivity contribution < 1.29 is 13.2 Å². The van der Waals surface area contributed by atoms with Gasteiger partial charge in [-0.3, -0.25) is 0 Å². The van der Waals surface area contributed by atoms with Crippen molar-refractivity contribution in [3.05, 3.63) is 35.3 Å². The van der Waals surface area contributed by atoms with E-state index in [2.05, 4.69) is 10.2 Å². The molecule has 0 aliphatic carbocycles. The van der Waals surface area contributed by atoms with E-state index in [1.165, 1.54) is 15.6 Å². The van der Waals surface area contributed by atoms with Crippen LogP contribution in [0.3, 0.4) is 0 Å². The van der Waals surface area contributed by atoms with Gasteiger partial charge in [0.1, 0.15) is 10.3 Å². The summed E-state index contributed by atoms with van der Waals surface area (Å²) >= 11 is 1.34. The average Bonchev–Trinajstić information content (AvgIpc) is 3.17. The maximum absolute atomic E-state index is 12.6. The van der Waals surface area contributed by atoms with Gasteiger partial charge in [-0.2, -0.15) is 9.40 Å². The molecule has 2 aromatic heterocycles. The van der Waals surface area contributed by atoms with Crippen molar-refractivity contribution in [2.75, 3.05) is 13.1 Å². The van der Waals surface area contributed by atoms with Gasteiger partial charge in [-0.05, 0) is 31.0 Å². The van der Waals surface area contributed by atoms with E-state index in [-0.39, 0.29) is 6.10 Å². The van der Waals surface area contributed by atoms with Crippen LogP contribution in [0.25, 0.3) is 0 Å². The van der Waals surface area contributed by atoms with Crippen LogP contribution in [0.1, 0.15) is 18.2 Å². The fraction of sp³-hybridized carbons (Fsp3) is 0.429. The molecule has 1 fully saturated rings. The molecule has 22 heavy (non-hydrogen) atoms. The van der Waals surface area contributed by atoms with Crippen molar-refractivity contribution in [2.45, 2.75) is 30.1 Å². The Kier molecular flexibility index (Phi) is 4.42. The highest BCUT2D eigenvalue weighted by molar-refractivity contribution is 7.91. The Hall–Kier alpha value is -1.51. The Morgan fingerprint density at radius 3 is 2.95 bits per heavy atom. The Morgan fingerprint density at radius 2 is 2.27 bits per heavy atom. The maximum atomic E-state index is 12.6. The molecule has 0 aromatic carbocycles. The molecule has 0 unspecified atom stereocenters. The molecule has 1 aliphatic heterocycles. The Balaban J connectivity index is 1.69. The van der Waals surface area contributed by atoms with Crippen LogP contribution >= 0.6 is 11.3 Å². The lowest BCUT2D eigenvalue weighted by Crippen LogP contribution is -2.30. The third kappa shape index (κ3) is 3.13. The van der Waals surface area contributed by atoms with Crippen molar-refractivity contribution in [1.82, 2.24) is 14.5 Å². The fourth-order valence-corrected chi connectivity index (χ4v) is 5.28. The van der Waals surface area contributed by atoms with Crippen molar-refractivity contribution >= 4 is 21.4 Å². The molecule has 1 aliphatic rings. The molecule has 0 spiro atoms. The highest BCUT2D eigenvalue weighted by Gasteiger charge is 2.34. The van der Waals surface area contributed by atoms with Gasteiger partial charge >= 0.3 is 0 Å². The first-order chi connectivity index (χ1) is 10.6. The first-order valence-corrected chi connectivity index (χ1v) is 9.38. The minimum Gasteiger partial charge on any atom is -0.472 e. The van der Waals surface area contributed by atoms with Crippen molar-refractivity contribution in [2.24, 2.45) is 0 Å². The summed E-state index contributed by atoms with van der Waals surface area (Å²) in [5.41, 5.74) is 0. The van der Waals surface area contributed by atoms with Crippen molar-refractivity contribution in [3.8, 4) is 5.88 Å². The Morgan fingerprint density at radius 1 is 1.41 bits per heavy atom. The van der Waals surface area contributed by atoms with E-state index < -0.39 is 10.0 Å². The zero-order chi connectivity index (χ0) is 15.6. The summed E-state index contributed by atoms with van der Waals surface area (Å²) in [5.74, 6) is 0.427. The molecule has 1 atom stereocenters. The summed E-state index contributed by atoms with van der Waals surface area (Å²) in [4.78, 5) is 1.07. The smallest absolute Gasteiger partial charge is 0.252 e. The largest absolute Gasteiger partial charge is 0.472 e. The molecule has 8 heteroatoms. The van der Waals surface area contributed by atoms with Crippen LogP contribution in [0.5, 0.6) is 5.88 Å². The van der Waals surface area contributed by atoms with E-state index in [4.69, 9.17) is 4.74 Å². The highest BCUT2D eigenvalue weighted by Crippen LogP contribution is 2.28. The first-order valence-electron chi connectivity index (χ1n) is 7.13. The molecule has 1 saturated heterocycles. The number of aromatic nitrogens is 2. The van der Waals surface area contributed by atoms with Crippen LogP contribution in [0.15, 0.2) is 34.7 Å². The van der Waals surface area contributed by atoms with E-state index in [9.17, 15) is 8.42 Å². The van der Waals surface area contributed by atoms with Crippen LogP contribution in [0.4, 0.5) is 0 Å². The summed E-state index contributed by atoms with van der Waals surface area (Å²) in [6, 6.07) is 7.03. The predicted molar refractivity (Wildman–Crippen MR) is 83.5 cm³/mol. The molecular weight excluding hydrogens is 322 g/mol. The average molecular weight is 339 g/mol. The van der Waals surface area contributed by atoms with Gasteiger partial charge in [0, 0.05) is 23.7 Å². The molecule has 3 rings (SSSR count). The minimum absolute atomic E-state index is 0.183. The topological polar surface area (TPSA) is 72.4 Å². The van der Waals surface area contributed by atoms with Crippen LogP contribution in [0.2, 0.25) is 0 Å². The molecule has 0 amide bonds. The summed E-state index contributed by atoms with van der Waals surface area (Å²) in [6.45, 7) is 2.83. The third-order valence-corrected chi connectivity index (χ3v) is 7.08. The maximum Gasteiger partial charge on any atom is 0.252 e. The minimum atomic E-state index is -3.42. The molecule has 118 valence electrons. The molecular formula is C14H17N3O3S2. The second kappa shape index (κ2) is 6.31. The van der Waals surface area contributed by atoms with Gasteiger partial charge < -0.3 is 4.74 Å². The van der Waals surface area contributed by atoms with Crippen LogP contribution < -0.4 is 4.74 Å². The van der Waals surface area contributed by atoms with E-state index in [1.807, 2.05) is 13.0 Å². The summed E-state index contributed by atoms with van der Waals surface area (Å²) in [6.07, 6.45) is 2.89. The number of hydrogen-bond donors (Lipinski definition) is 0. The fourth-order valence-electron chi connectivity index (χ4n) is 2.35. The SMILES string of the molecule is CCc1ccc(S(=O)(=O)N2CC[C@@H](Oc3cccnn3)C2)s1. The number of rotatable bonds is 5. The number of thiophene rings is 1. The Bertz CT molecular complexity index is 731. The zero-order valence-electron chi connectivity index (χ0n) is 12.2. The molecule has 0 bridgehead atoms. The number of hydrogen-bond acceptors (Lipinski definition) is 6. The molecule has 3 heterocycles. The van der Waals surface area contributed by atoms with Crippen LogP contribution in [0, 0.1) is 0 Å². The van der Waals surface area contributed by atoms with E-state index >= 15 is 0 Å². The third-order valence-electron chi connectivity index (χ3n) is 3.52. The zero-order valence-corrected chi connectivity index (χ0v) is 13.8. The molecule has 0 radical (unpaired) electrons. The highest BCUT2D eigenvalue weighted by atomic mass is 32.2. The number of ether oxygens (including phenoxy) is 1. The van der Waals surface area contributed by atoms with Crippen LogP contribution in [-0.4, -0.2) is 42.1 Å². The lowest BCUT2D eigenvalue weighted by Gasteiger charge is -2.15. The van der Waals surface area contributed by atoms with Crippen molar-refractivity contribution in [3.63, 3.8) is 0 Å². The van der Waals surface area contributed by atoms with Gasteiger partial charge in [0.2, 0.25) is 5.88 Å². The van der Waals surface area contributed by atoms with Gasteiger partial charge in [-0.15, -0.1) is 16.4 Å². The molecule has 2 aromatic rings. The number of sulfonamides is 1. The summed E-state index contributed by atoms with van der Waals surface area (Å²) < 4.78 is 32.8. The second-order valence-corrected chi connectivity index (χ2v) is 8.36. The van der Waals surface area contributed by atoms with E-state index in [0.717, 1.165) is 11.3 Å². The molecule has 0 saturated carbocycles. The monoisotopic (exact) mass is 339 g/mol. The van der Waals surface area contributed by atoms with Crippen LogP contribution in [-0.2, 0) is 16.4 Å². The lowest BCUT2D eigenvalue weighted by molar-refractivity contribution is 0.204. The quantitative estimate of drug-likeness (QED) is 0.832. The van der Waals surface area contributed by atoms with Crippen molar-refractivity contribution in [1.29, 1.82) is 0 Å². The summed E-state index contributed by atoms with van der Waals surface area (Å²) in [5, 5.41) is 7.61. The van der Waals surface area contributed by atoms with Gasteiger partial charge in [0.25, 0.3) is 10.0 Å². The van der Waals surface area contributed by atoms with E-state index in [0.29, 0.717) is 29.6 Å². The lowest BCUT2D eigenvalue weighted by atomic mass is 10.3. The number of nitrogens with zero attached hydrogens (tertiary/aromatic N) is 3. The molecule has 0 N–H and O–H groups in total. The van der Waals surface area contributed by atoms with Gasteiger partial charge in [-0.1, -0.05) is 6.92 Å². The van der Waals surface area contributed by atoms with E-state index in [1.54, 1.807) is 24.4 Å². The van der Waals surface area contributed by atoms with Gasteiger partial charge in [0.05, 0.1) is 6.54 Å². The predicted octanol–water partition coefficient (Wildman–Crippen LogP) is 1.94. The normalized spacial score (nSPS) is 19.4. The number of aryl methyl sites for hydroxylation is 1. The second-order valence-electron chi connectivity index (χ2n) is 5.03. The molecule has 6 nitrogen and oxygen atoms in total. The first kappa shape index (κ1) is 15.4. The van der Waals surface area contributed by atoms with Gasteiger partial charge in [-0.25, -0.2) is 8.42 Å².